The molecule has 0 aliphatic carbocycles. The van der Waals surface area contributed by atoms with E-state index in [0.29, 0.717) is 11.3 Å². The number of hydrogen-bond acceptors (Lipinski definition) is 3. The Hall–Kier alpha value is -2.21. The van der Waals surface area contributed by atoms with Crippen molar-refractivity contribution >= 4 is 23.2 Å². The van der Waals surface area contributed by atoms with Gasteiger partial charge in [0.15, 0.2) is 0 Å². The normalized spacial score (nSPS) is 12.0. The van der Waals surface area contributed by atoms with Gasteiger partial charge in [0.1, 0.15) is 5.82 Å². The second kappa shape index (κ2) is 7.37. The largest absolute Gasteiger partial charge is 0.481 e. The average molecular weight is 335 g/mol. The van der Waals surface area contributed by atoms with Crippen LogP contribution in [0.25, 0.3) is 11.1 Å². The van der Waals surface area contributed by atoms with Crippen LogP contribution in [0.5, 0.6) is 0 Å². The maximum atomic E-state index is 13.0. The number of amides is 1. The van der Waals surface area contributed by atoms with E-state index in [9.17, 15) is 14.0 Å². The van der Waals surface area contributed by atoms with Gasteiger partial charge in [-0.05, 0) is 49.6 Å². The predicted molar refractivity (Wildman–Crippen MR) is 88.2 cm³/mol. The molecule has 0 saturated heterocycles. The van der Waals surface area contributed by atoms with Crippen molar-refractivity contribution in [3.63, 3.8) is 0 Å². The predicted octanol–water partition coefficient (Wildman–Crippen LogP) is 3.85. The van der Waals surface area contributed by atoms with Gasteiger partial charge < -0.3 is 10.4 Å². The smallest absolute Gasteiger partial charge is 0.303 e. The fourth-order valence-electron chi connectivity index (χ4n) is 2.22. The van der Waals surface area contributed by atoms with E-state index in [1.165, 1.54) is 23.5 Å². The molecule has 0 bridgehead atoms. The summed E-state index contributed by atoms with van der Waals surface area (Å²) in [6.07, 6.45) is 0.405. The number of benzene rings is 1. The molecular formula is C17H18FNO3S. The first-order valence-corrected chi connectivity index (χ1v) is 8.07. The van der Waals surface area contributed by atoms with E-state index >= 15 is 0 Å². The van der Waals surface area contributed by atoms with E-state index in [1.54, 1.807) is 25.1 Å². The maximum absolute atomic E-state index is 13.0. The van der Waals surface area contributed by atoms with Crippen molar-refractivity contribution < 1.29 is 19.1 Å². The molecule has 0 radical (unpaired) electrons. The zero-order chi connectivity index (χ0) is 17.0. The average Bonchev–Trinajstić information content (AvgIpc) is 2.88. The van der Waals surface area contributed by atoms with Gasteiger partial charge in [-0.15, -0.1) is 11.3 Å². The Morgan fingerprint density at radius 3 is 2.57 bits per heavy atom. The van der Waals surface area contributed by atoms with E-state index in [4.69, 9.17) is 5.11 Å². The molecule has 0 aliphatic heterocycles. The number of carboxylic acid groups (broad SMARTS) is 1. The molecule has 2 rings (SSSR count). The van der Waals surface area contributed by atoms with Crippen LogP contribution in [0.4, 0.5) is 4.39 Å². The first-order valence-electron chi connectivity index (χ1n) is 7.26. The fourth-order valence-corrected chi connectivity index (χ4v) is 3.16. The number of hydrogen-bond donors (Lipinski definition) is 2. The highest BCUT2D eigenvalue weighted by molar-refractivity contribution is 7.14. The lowest BCUT2D eigenvalue weighted by atomic mass is 10.1. The van der Waals surface area contributed by atoms with Crippen LogP contribution in [-0.2, 0) is 4.79 Å². The highest BCUT2D eigenvalue weighted by Crippen LogP contribution is 2.31. The third-order valence-electron chi connectivity index (χ3n) is 3.47. The van der Waals surface area contributed by atoms with Crippen LogP contribution in [0.15, 0.2) is 30.3 Å². The molecule has 122 valence electrons. The number of thiophene rings is 1. The Labute approximate surface area is 138 Å². The number of aryl methyl sites for hydroxylation is 1. The molecule has 0 fully saturated rings. The standard InChI is InChI=1S/C17H18FNO3S/c1-10(3-8-16(20)21)19-17(22)15-9-14(11(2)23-15)12-4-6-13(18)7-5-12/h4-7,9-10H,3,8H2,1-2H3,(H,19,22)(H,20,21). The number of aliphatic carboxylic acids is 1. The Morgan fingerprint density at radius 1 is 1.30 bits per heavy atom. The highest BCUT2D eigenvalue weighted by atomic mass is 32.1. The molecule has 2 N–H and O–H groups in total. The van der Waals surface area contributed by atoms with E-state index in [2.05, 4.69) is 5.32 Å². The molecule has 1 atom stereocenters. The minimum Gasteiger partial charge on any atom is -0.481 e. The van der Waals surface area contributed by atoms with E-state index in [1.807, 2.05) is 6.92 Å². The van der Waals surface area contributed by atoms with Crippen LogP contribution in [-0.4, -0.2) is 23.0 Å². The van der Waals surface area contributed by atoms with Crippen molar-refractivity contribution in [1.29, 1.82) is 0 Å². The van der Waals surface area contributed by atoms with Gasteiger partial charge in [-0.25, -0.2) is 4.39 Å². The SMILES string of the molecule is Cc1sc(C(=O)NC(C)CCC(=O)O)cc1-c1ccc(F)cc1. The van der Waals surface area contributed by atoms with Crippen molar-refractivity contribution in [1.82, 2.24) is 5.32 Å². The lowest BCUT2D eigenvalue weighted by Gasteiger charge is -2.11. The molecule has 0 saturated carbocycles. The number of carboxylic acids is 1. The van der Waals surface area contributed by atoms with Crippen LogP contribution < -0.4 is 5.32 Å². The summed E-state index contributed by atoms with van der Waals surface area (Å²) in [6, 6.07) is 7.71. The van der Waals surface area contributed by atoms with Gasteiger partial charge in [-0.1, -0.05) is 12.1 Å². The second-order valence-electron chi connectivity index (χ2n) is 5.39. The first kappa shape index (κ1) is 17.1. The summed E-state index contributed by atoms with van der Waals surface area (Å²) < 4.78 is 13.0. The molecule has 0 spiro atoms. The molecule has 1 heterocycles. The van der Waals surface area contributed by atoms with Gasteiger partial charge in [-0.2, -0.15) is 0 Å². The molecule has 1 unspecified atom stereocenters. The first-order chi connectivity index (χ1) is 10.9. The van der Waals surface area contributed by atoms with E-state index < -0.39 is 5.97 Å². The van der Waals surface area contributed by atoms with Gasteiger partial charge in [0.25, 0.3) is 5.91 Å². The topological polar surface area (TPSA) is 66.4 Å². The number of nitrogens with one attached hydrogen (secondary N) is 1. The maximum Gasteiger partial charge on any atom is 0.303 e. The lowest BCUT2D eigenvalue weighted by Crippen LogP contribution is -2.32. The molecule has 6 heteroatoms. The minimum absolute atomic E-state index is 0.0196. The van der Waals surface area contributed by atoms with Crippen molar-refractivity contribution in [2.24, 2.45) is 0 Å². The zero-order valence-corrected chi connectivity index (χ0v) is 13.7. The third kappa shape index (κ3) is 4.63. The fraction of sp³-hybridized carbons (Fsp3) is 0.294. The van der Waals surface area contributed by atoms with E-state index in [0.717, 1.165) is 16.0 Å². The molecule has 1 aromatic heterocycles. The number of carbonyl (C=O) groups is 2. The lowest BCUT2D eigenvalue weighted by molar-refractivity contribution is -0.137. The van der Waals surface area contributed by atoms with Gasteiger partial charge in [-0.3, -0.25) is 9.59 Å². The summed E-state index contributed by atoms with van der Waals surface area (Å²) in [4.78, 5) is 24.3. The van der Waals surface area contributed by atoms with E-state index in [-0.39, 0.29) is 24.2 Å². The van der Waals surface area contributed by atoms with Crippen molar-refractivity contribution in [3.8, 4) is 11.1 Å². The van der Waals surface area contributed by atoms with Gasteiger partial charge in [0.2, 0.25) is 0 Å². The monoisotopic (exact) mass is 335 g/mol. The van der Waals surface area contributed by atoms with Crippen LogP contribution in [0.3, 0.4) is 0 Å². The van der Waals surface area contributed by atoms with Gasteiger partial charge in [0.05, 0.1) is 4.88 Å². The Kier molecular flexibility index (Phi) is 5.50. The van der Waals surface area contributed by atoms with Crippen LogP contribution >= 0.6 is 11.3 Å². The highest BCUT2D eigenvalue weighted by Gasteiger charge is 2.16. The molecule has 0 aliphatic rings. The van der Waals surface area contributed by atoms with Crippen LogP contribution in [0, 0.1) is 12.7 Å². The van der Waals surface area contributed by atoms with Gasteiger partial charge >= 0.3 is 5.97 Å². The van der Waals surface area contributed by atoms with Crippen molar-refractivity contribution in [3.05, 3.63) is 45.9 Å². The van der Waals surface area contributed by atoms with Gasteiger partial charge in [0, 0.05) is 17.3 Å². The summed E-state index contributed by atoms with van der Waals surface area (Å²) >= 11 is 1.37. The number of carbonyl (C=O) groups excluding carboxylic acids is 1. The molecule has 23 heavy (non-hydrogen) atoms. The van der Waals surface area contributed by atoms with Crippen LogP contribution in [0.1, 0.15) is 34.3 Å². The minimum atomic E-state index is -0.878. The quantitative estimate of drug-likeness (QED) is 0.843. The molecule has 1 aromatic carbocycles. The Bertz CT molecular complexity index is 709. The van der Waals surface area contributed by atoms with Crippen molar-refractivity contribution in [2.75, 3.05) is 0 Å². The summed E-state index contributed by atoms with van der Waals surface area (Å²) in [6.45, 7) is 3.69. The summed E-state index contributed by atoms with van der Waals surface area (Å²) in [5.74, 6) is -1.40. The second-order valence-corrected chi connectivity index (χ2v) is 6.65. The third-order valence-corrected chi connectivity index (χ3v) is 4.51. The Balaban J connectivity index is 2.09. The molecular weight excluding hydrogens is 317 g/mol. The molecule has 4 nitrogen and oxygen atoms in total. The summed E-state index contributed by atoms with van der Waals surface area (Å²) in [7, 11) is 0. The molecule has 1 amide bonds. The number of halogens is 1. The molecule has 2 aromatic rings. The summed E-state index contributed by atoms with van der Waals surface area (Å²) in [5, 5.41) is 11.5. The Morgan fingerprint density at radius 2 is 1.96 bits per heavy atom. The summed E-state index contributed by atoms with van der Waals surface area (Å²) in [5.41, 5.74) is 1.76. The number of rotatable bonds is 6. The zero-order valence-electron chi connectivity index (χ0n) is 12.9. The van der Waals surface area contributed by atoms with Crippen LogP contribution in [0.2, 0.25) is 0 Å². The van der Waals surface area contributed by atoms with Crippen molar-refractivity contribution in [2.45, 2.75) is 32.7 Å².